The predicted octanol–water partition coefficient (Wildman–Crippen LogP) is 2.92. The van der Waals surface area contributed by atoms with Crippen LogP contribution in [0.5, 0.6) is 0 Å². The zero-order valence-electron chi connectivity index (χ0n) is 9.06. The molecule has 74 valence electrons. The molecule has 0 aliphatic rings. The fourth-order valence-electron chi connectivity index (χ4n) is 1.37. The van der Waals surface area contributed by atoms with Crippen LogP contribution in [0.3, 0.4) is 0 Å². The first-order valence-corrected chi connectivity index (χ1v) is 4.79. The number of hydrogen-bond donors (Lipinski definition) is 1. The molecule has 0 heterocycles. The molecule has 0 saturated heterocycles. The molecule has 1 N–H and O–H groups in total. The molecule has 1 heteroatoms. The lowest BCUT2D eigenvalue weighted by molar-refractivity contribution is 0.562. The van der Waals surface area contributed by atoms with E-state index in [4.69, 9.17) is 0 Å². The van der Waals surface area contributed by atoms with Crippen molar-refractivity contribution < 1.29 is 0 Å². The van der Waals surface area contributed by atoms with Gasteiger partial charge in [-0.15, -0.1) is 0 Å². The molecule has 0 amide bonds. The van der Waals surface area contributed by atoms with Crippen LogP contribution < -0.4 is 5.32 Å². The Labute approximate surface area is 82.2 Å². The van der Waals surface area contributed by atoms with E-state index in [2.05, 4.69) is 31.5 Å². The van der Waals surface area contributed by atoms with Crippen molar-refractivity contribution in [3.63, 3.8) is 0 Å². The molecule has 0 fully saturated rings. The lowest BCUT2D eigenvalue weighted by atomic mass is 9.94. The van der Waals surface area contributed by atoms with E-state index < -0.39 is 0 Å². The maximum Gasteiger partial charge on any atom is 0.00170 e. The highest BCUT2D eigenvalue weighted by Crippen LogP contribution is 2.16. The molecule has 0 aliphatic heterocycles. The normalized spacial score (nSPS) is 13.9. The number of rotatable bonds is 6. The topological polar surface area (TPSA) is 12.0 Å². The maximum atomic E-state index is 3.88. The van der Waals surface area contributed by atoms with Gasteiger partial charge in [-0.1, -0.05) is 37.8 Å². The van der Waals surface area contributed by atoms with Crippen molar-refractivity contribution in [3.8, 4) is 0 Å². The van der Waals surface area contributed by atoms with Gasteiger partial charge in [-0.05, 0) is 31.9 Å². The van der Waals surface area contributed by atoms with Gasteiger partial charge in [0, 0.05) is 6.54 Å². The minimum atomic E-state index is 0.555. The number of hydrogen-bond acceptors (Lipinski definition) is 1. The zero-order valence-corrected chi connectivity index (χ0v) is 9.06. The van der Waals surface area contributed by atoms with Crippen LogP contribution in [0.15, 0.2) is 36.5 Å². The van der Waals surface area contributed by atoms with Gasteiger partial charge in [-0.3, -0.25) is 0 Å². The molecule has 1 atom stereocenters. The third-order valence-electron chi connectivity index (χ3n) is 2.06. The summed E-state index contributed by atoms with van der Waals surface area (Å²) in [5, 5.41) is 3.19. The summed E-state index contributed by atoms with van der Waals surface area (Å²) in [5.74, 6) is 0.555. The van der Waals surface area contributed by atoms with Crippen LogP contribution >= 0.6 is 0 Å². The Hall–Kier alpha value is -0.820. The minimum absolute atomic E-state index is 0.555. The van der Waals surface area contributed by atoms with E-state index in [0.717, 1.165) is 18.5 Å². The summed E-state index contributed by atoms with van der Waals surface area (Å²) in [6, 6.07) is 0. The summed E-state index contributed by atoms with van der Waals surface area (Å²) >= 11 is 0. The smallest absolute Gasteiger partial charge is 0.00170 e. The molecule has 0 aliphatic carbocycles. The van der Waals surface area contributed by atoms with Crippen molar-refractivity contribution in [1.29, 1.82) is 0 Å². The van der Waals surface area contributed by atoms with Gasteiger partial charge in [0.15, 0.2) is 0 Å². The second kappa shape index (κ2) is 6.67. The maximum absolute atomic E-state index is 3.88. The Bertz CT molecular complexity index is 201. The molecule has 0 aromatic rings. The lowest BCUT2D eigenvalue weighted by Crippen LogP contribution is -2.19. The van der Waals surface area contributed by atoms with Crippen LogP contribution in [0.4, 0.5) is 0 Å². The van der Waals surface area contributed by atoms with Gasteiger partial charge in [-0.25, -0.2) is 0 Å². The molecule has 0 spiro atoms. The average Bonchev–Trinajstić information content (AvgIpc) is 2.10. The summed E-state index contributed by atoms with van der Waals surface area (Å²) in [6.07, 6.45) is 5.17. The van der Waals surface area contributed by atoms with Crippen LogP contribution in [-0.2, 0) is 0 Å². The first-order chi connectivity index (χ1) is 6.15. The second-order valence-corrected chi connectivity index (χ2v) is 3.36. The highest BCUT2D eigenvalue weighted by Gasteiger charge is 2.07. The van der Waals surface area contributed by atoms with Crippen molar-refractivity contribution in [2.75, 3.05) is 13.6 Å². The second-order valence-electron chi connectivity index (χ2n) is 3.36. The first kappa shape index (κ1) is 12.2. The largest absolute Gasteiger partial charge is 0.319 e. The fourth-order valence-corrected chi connectivity index (χ4v) is 1.37. The SMILES string of the molecule is C=C/C(=C\C(=C)C)C(CC)CNC. The van der Waals surface area contributed by atoms with Crippen molar-refractivity contribution >= 4 is 0 Å². The third-order valence-corrected chi connectivity index (χ3v) is 2.06. The first-order valence-electron chi connectivity index (χ1n) is 4.79. The molecular formula is C12H21N. The summed E-state index contributed by atoms with van der Waals surface area (Å²) in [6.45, 7) is 12.9. The van der Waals surface area contributed by atoms with E-state index in [1.165, 1.54) is 5.57 Å². The molecule has 0 rings (SSSR count). The molecule has 0 aromatic carbocycles. The van der Waals surface area contributed by atoms with E-state index in [-0.39, 0.29) is 0 Å². The summed E-state index contributed by atoms with van der Waals surface area (Å²) < 4.78 is 0. The van der Waals surface area contributed by atoms with Crippen LogP contribution in [0, 0.1) is 5.92 Å². The Morgan fingerprint density at radius 3 is 2.46 bits per heavy atom. The quantitative estimate of drug-likeness (QED) is 0.618. The highest BCUT2D eigenvalue weighted by molar-refractivity contribution is 5.28. The van der Waals surface area contributed by atoms with Gasteiger partial charge < -0.3 is 5.32 Å². The highest BCUT2D eigenvalue weighted by atomic mass is 14.8. The predicted molar refractivity (Wildman–Crippen MR) is 60.8 cm³/mol. The molecule has 0 bridgehead atoms. The van der Waals surface area contributed by atoms with E-state index in [1.54, 1.807) is 0 Å². The monoisotopic (exact) mass is 179 g/mol. The van der Waals surface area contributed by atoms with Crippen molar-refractivity contribution in [2.24, 2.45) is 5.92 Å². The number of allylic oxidation sites excluding steroid dienone is 3. The fraction of sp³-hybridized carbons (Fsp3) is 0.500. The lowest BCUT2D eigenvalue weighted by Gasteiger charge is -2.15. The van der Waals surface area contributed by atoms with Gasteiger partial charge in [-0.2, -0.15) is 0 Å². The van der Waals surface area contributed by atoms with Gasteiger partial charge in [0.25, 0.3) is 0 Å². The standard InChI is InChI=1S/C12H21N/c1-6-11(8-10(3)4)12(7-2)9-13-5/h6,8,12-13H,1,3,7,9H2,2,4-5H3/b11-8+. The summed E-state index contributed by atoms with van der Waals surface area (Å²) in [4.78, 5) is 0. The van der Waals surface area contributed by atoms with E-state index in [1.807, 2.05) is 20.0 Å². The van der Waals surface area contributed by atoms with Crippen molar-refractivity contribution in [3.05, 3.63) is 36.5 Å². The zero-order chi connectivity index (χ0) is 10.3. The molecule has 0 aromatic heterocycles. The van der Waals surface area contributed by atoms with Gasteiger partial charge in [0.05, 0.1) is 0 Å². The van der Waals surface area contributed by atoms with E-state index >= 15 is 0 Å². The van der Waals surface area contributed by atoms with Crippen LogP contribution in [0.25, 0.3) is 0 Å². The van der Waals surface area contributed by atoms with Gasteiger partial charge in [0.2, 0.25) is 0 Å². The Kier molecular flexibility index (Phi) is 6.25. The van der Waals surface area contributed by atoms with Crippen molar-refractivity contribution in [2.45, 2.75) is 20.3 Å². The van der Waals surface area contributed by atoms with Crippen molar-refractivity contribution in [1.82, 2.24) is 5.32 Å². The Morgan fingerprint density at radius 2 is 2.15 bits per heavy atom. The Morgan fingerprint density at radius 1 is 1.54 bits per heavy atom. The Balaban J connectivity index is 4.51. The minimum Gasteiger partial charge on any atom is -0.319 e. The average molecular weight is 179 g/mol. The summed E-state index contributed by atoms with van der Waals surface area (Å²) in [7, 11) is 1.98. The molecule has 0 radical (unpaired) electrons. The molecule has 1 unspecified atom stereocenters. The molecule has 13 heavy (non-hydrogen) atoms. The van der Waals surface area contributed by atoms with Gasteiger partial charge >= 0.3 is 0 Å². The van der Waals surface area contributed by atoms with Crippen LogP contribution in [-0.4, -0.2) is 13.6 Å². The van der Waals surface area contributed by atoms with Gasteiger partial charge in [0.1, 0.15) is 0 Å². The van der Waals surface area contributed by atoms with Crippen LogP contribution in [0.2, 0.25) is 0 Å². The summed E-state index contributed by atoms with van der Waals surface area (Å²) in [5.41, 5.74) is 2.37. The van der Waals surface area contributed by atoms with Crippen LogP contribution in [0.1, 0.15) is 20.3 Å². The van der Waals surface area contributed by atoms with E-state index in [0.29, 0.717) is 5.92 Å². The number of nitrogens with one attached hydrogen (secondary N) is 1. The van der Waals surface area contributed by atoms with E-state index in [9.17, 15) is 0 Å². The third kappa shape index (κ3) is 4.69. The molecule has 1 nitrogen and oxygen atoms in total. The molecule has 0 saturated carbocycles. The molecular weight excluding hydrogens is 158 g/mol.